The first-order valence-electron chi connectivity index (χ1n) is 3.07. The molecule has 1 saturated heterocycles. The molecule has 1 aliphatic heterocycles. The highest BCUT2D eigenvalue weighted by Gasteiger charge is 2.22. The highest BCUT2D eigenvalue weighted by molar-refractivity contribution is 6.03. The molecule has 2 amide bonds. The van der Waals surface area contributed by atoms with E-state index >= 15 is 0 Å². The van der Waals surface area contributed by atoms with Gasteiger partial charge in [0.15, 0.2) is 0 Å². The van der Waals surface area contributed by atoms with Crippen molar-refractivity contribution >= 4 is 17.6 Å². The van der Waals surface area contributed by atoms with Crippen LogP contribution < -0.4 is 5.32 Å². The summed E-state index contributed by atoms with van der Waals surface area (Å²) in [5.74, 6) is -0.766. The molecule has 0 aromatic carbocycles. The van der Waals surface area contributed by atoms with Gasteiger partial charge in [-0.3, -0.25) is 20.3 Å². The zero-order valence-electron chi connectivity index (χ0n) is 5.89. The van der Waals surface area contributed by atoms with E-state index in [0.29, 0.717) is 0 Å². The molecule has 59 valence electrons. The van der Waals surface area contributed by atoms with Crippen LogP contribution in [-0.4, -0.2) is 35.6 Å². The maximum Gasteiger partial charge on any atom is 0.246 e. The van der Waals surface area contributed by atoms with Crippen LogP contribution in [0.1, 0.15) is 0 Å². The summed E-state index contributed by atoms with van der Waals surface area (Å²) in [4.78, 5) is 22.7. The van der Waals surface area contributed by atoms with E-state index < -0.39 is 0 Å². The fourth-order valence-electron chi connectivity index (χ4n) is 0.828. The molecule has 0 saturated carbocycles. The third-order valence-corrected chi connectivity index (χ3v) is 1.33. The summed E-state index contributed by atoms with van der Waals surface area (Å²) in [7, 11) is 0. The van der Waals surface area contributed by atoms with E-state index in [-0.39, 0.29) is 30.7 Å². The number of imide groups is 1. The van der Waals surface area contributed by atoms with E-state index in [2.05, 4.69) is 12.2 Å². The van der Waals surface area contributed by atoms with Crippen LogP contribution in [0.5, 0.6) is 0 Å². The molecule has 0 atom stereocenters. The van der Waals surface area contributed by atoms with E-state index in [1.807, 2.05) is 0 Å². The lowest BCUT2D eigenvalue weighted by Crippen LogP contribution is -2.52. The molecule has 0 spiro atoms. The number of hydrogen-bond donors (Lipinski definition) is 2. The summed E-state index contributed by atoms with van der Waals surface area (Å²) in [5.41, 5.74) is 0. The quantitative estimate of drug-likeness (QED) is 0.260. The van der Waals surface area contributed by atoms with Gasteiger partial charge in [0.2, 0.25) is 11.8 Å². The van der Waals surface area contributed by atoms with Crippen LogP contribution in [-0.2, 0) is 9.59 Å². The standard InChI is InChI=1S/C6H8N3O2/c1-4(7)9-2-5(10)8-6(11)3-9/h7H,1-3H2,(H,8,10,11). The average Bonchev–Trinajstić information content (AvgIpc) is 1.85. The van der Waals surface area contributed by atoms with Gasteiger partial charge in [-0.25, -0.2) is 0 Å². The van der Waals surface area contributed by atoms with Crippen LogP contribution in [0.2, 0.25) is 0 Å². The van der Waals surface area contributed by atoms with Crippen molar-refractivity contribution in [3.8, 4) is 0 Å². The molecule has 2 N–H and O–H groups in total. The fourth-order valence-corrected chi connectivity index (χ4v) is 0.828. The second kappa shape index (κ2) is 2.69. The van der Waals surface area contributed by atoms with Crippen molar-refractivity contribution in [2.75, 3.05) is 13.1 Å². The van der Waals surface area contributed by atoms with E-state index in [1.165, 1.54) is 4.90 Å². The zero-order valence-corrected chi connectivity index (χ0v) is 5.89. The van der Waals surface area contributed by atoms with Crippen molar-refractivity contribution < 1.29 is 9.59 Å². The first-order chi connectivity index (χ1) is 5.09. The van der Waals surface area contributed by atoms with Crippen molar-refractivity contribution in [2.45, 2.75) is 0 Å². The van der Waals surface area contributed by atoms with E-state index in [0.717, 1.165) is 0 Å². The predicted molar refractivity (Wildman–Crippen MR) is 37.8 cm³/mol. The Morgan fingerprint density at radius 3 is 2.27 bits per heavy atom. The Bertz CT molecular complexity index is 208. The Kier molecular flexibility index (Phi) is 1.89. The van der Waals surface area contributed by atoms with Crippen molar-refractivity contribution in [1.29, 1.82) is 5.41 Å². The molecule has 1 fully saturated rings. The second-order valence-electron chi connectivity index (χ2n) is 2.27. The van der Waals surface area contributed by atoms with Gasteiger partial charge in [0, 0.05) is 6.92 Å². The molecular formula is C6H8N3O2. The summed E-state index contributed by atoms with van der Waals surface area (Å²) in [5, 5.41) is 9.17. The minimum absolute atomic E-state index is 0.00630. The Hall–Kier alpha value is -1.39. The Morgan fingerprint density at radius 2 is 1.91 bits per heavy atom. The number of carbonyl (C=O) groups excluding carboxylic acids is 2. The highest BCUT2D eigenvalue weighted by atomic mass is 16.2. The topological polar surface area (TPSA) is 73.3 Å². The SMILES string of the molecule is [CH2]C(=N)N1CC(=O)NC(=O)C1. The maximum atomic E-state index is 10.7. The van der Waals surface area contributed by atoms with Gasteiger partial charge in [-0.15, -0.1) is 0 Å². The molecule has 1 rings (SSSR count). The molecule has 0 aromatic heterocycles. The molecule has 0 aliphatic carbocycles. The van der Waals surface area contributed by atoms with Crippen LogP contribution in [0.4, 0.5) is 0 Å². The highest BCUT2D eigenvalue weighted by Crippen LogP contribution is 1.94. The number of amidine groups is 1. The van der Waals surface area contributed by atoms with Gasteiger partial charge in [0.25, 0.3) is 0 Å². The fraction of sp³-hybridized carbons (Fsp3) is 0.333. The summed E-state index contributed by atoms with van der Waals surface area (Å²) >= 11 is 0. The number of carbonyl (C=O) groups is 2. The van der Waals surface area contributed by atoms with Crippen molar-refractivity contribution in [3.05, 3.63) is 6.92 Å². The second-order valence-corrected chi connectivity index (χ2v) is 2.27. The third kappa shape index (κ3) is 1.76. The minimum Gasteiger partial charge on any atom is -0.342 e. The normalized spacial score (nSPS) is 18.1. The van der Waals surface area contributed by atoms with Crippen LogP contribution in [0, 0.1) is 12.3 Å². The maximum absolute atomic E-state index is 10.7. The first kappa shape index (κ1) is 7.71. The number of nitrogens with one attached hydrogen (secondary N) is 2. The molecular weight excluding hydrogens is 146 g/mol. The number of piperazine rings is 1. The minimum atomic E-state index is -0.380. The van der Waals surface area contributed by atoms with Gasteiger partial charge in [-0.05, 0) is 0 Å². The molecule has 5 heteroatoms. The van der Waals surface area contributed by atoms with Crippen molar-refractivity contribution in [3.63, 3.8) is 0 Å². The summed E-state index contributed by atoms with van der Waals surface area (Å²) in [6, 6.07) is 0. The van der Waals surface area contributed by atoms with Gasteiger partial charge >= 0.3 is 0 Å². The summed E-state index contributed by atoms with van der Waals surface area (Å²) in [6.07, 6.45) is 0. The Labute approximate surface area is 63.9 Å². The molecule has 1 heterocycles. The van der Waals surface area contributed by atoms with E-state index in [4.69, 9.17) is 5.41 Å². The molecule has 1 aliphatic rings. The van der Waals surface area contributed by atoms with Gasteiger partial charge in [0.1, 0.15) is 0 Å². The Balaban J connectivity index is 2.63. The number of hydrogen-bond acceptors (Lipinski definition) is 3. The van der Waals surface area contributed by atoms with E-state index in [9.17, 15) is 9.59 Å². The number of nitrogens with zero attached hydrogens (tertiary/aromatic N) is 1. The van der Waals surface area contributed by atoms with Crippen molar-refractivity contribution in [1.82, 2.24) is 10.2 Å². The van der Waals surface area contributed by atoms with Gasteiger partial charge in [-0.2, -0.15) is 0 Å². The summed E-state index contributed by atoms with van der Waals surface area (Å²) in [6.45, 7) is 3.41. The molecule has 0 unspecified atom stereocenters. The average molecular weight is 154 g/mol. The zero-order chi connectivity index (χ0) is 8.43. The molecule has 1 radical (unpaired) electrons. The first-order valence-corrected chi connectivity index (χ1v) is 3.07. The lowest BCUT2D eigenvalue weighted by atomic mass is 10.3. The smallest absolute Gasteiger partial charge is 0.246 e. The molecule has 0 aromatic rings. The summed E-state index contributed by atoms with van der Waals surface area (Å²) < 4.78 is 0. The van der Waals surface area contributed by atoms with Crippen LogP contribution in [0.15, 0.2) is 0 Å². The van der Waals surface area contributed by atoms with Gasteiger partial charge < -0.3 is 4.90 Å². The number of amides is 2. The third-order valence-electron chi connectivity index (χ3n) is 1.33. The van der Waals surface area contributed by atoms with Crippen LogP contribution in [0.3, 0.4) is 0 Å². The van der Waals surface area contributed by atoms with Gasteiger partial charge in [-0.1, -0.05) is 0 Å². The van der Waals surface area contributed by atoms with Crippen molar-refractivity contribution in [2.24, 2.45) is 0 Å². The largest absolute Gasteiger partial charge is 0.342 e. The lowest BCUT2D eigenvalue weighted by Gasteiger charge is -2.25. The predicted octanol–water partition coefficient (Wildman–Crippen LogP) is -1.24. The monoisotopic (exact) mass is 154 g/mol. The van der Waals surface area contributed by atoms with E-state index in [1.54, 1.807) is 0 Å². The molecule has 0 bridgehead atoms. The molecule has 11 heavy (non-hydrogen) atoms. The van der Waals surface area contributed by atoms with Gasteiger partial charge in [0.05, 0.1) is 18.9 Å². The lowest BCUT2D eigenvalue weighted by molar-refractivity contribution is -0.134. The van der Waals surface area contributed by atoms with Crippen LogP contribution >= 0.6 is 0 Å². The molecule has 5 nitrogen and oxygen atoms in total. The van der Waals surface area contributed by atoms with Crippen LogP contribution in [0.25, 0.3) is 0 Å². The Morgan fingerprint density at radius 1 is 1.45 bits per heavy atom. The number of rotatable bonds is 0.